The maximum Gasteiger partial charge on any atom is 0.248 e. The molecule has 25 heavy (non-hydrogen) atoms. The van der Waals surface area contributed by atoms with Crippen molar-refractivity contribution >= 4 is 21.6 Å². The first-order chi connectivity index (χ1) is 11.9. The molecule has 2 heterocycles. The molecule has 0 N–H and O–H groups in total. The number of aryl methyl sites for hydroxylation is 2. The molecule has 1 saturated heterocycles. The van der Waals surface area contributed by atoms with Gasteiger partial charge in [0.15, 0.2) is 0 Å². The van der Waals surface area contributed by atoms with Crippen LogP contribution in [0.25, 0.3) is 0 Å². The minimum atomic E-state index is -3.63. The highest BCUT2D eigenvalue weighted by molar-refractivity contribution is 7.89. The van der Waals surface area contributed by atoms with Crippen molar-refractivity contribution in [1.29, 1.82) is 0 Å². The van der Waals surface area contributed by atoms with Gasteiger partial charge in [0.25, 0.3) is 0 Å². The smallest absolute Gasteiger partial charge is 0.248 e. The van der Waals surface area contributed by atoms with Gasteiger partial charge in [0, 0.05) is 33.2 Å². The Morgan fingerprint density at radius 2 is 1.84 bits per heavy atom. The van der Waals surface area contributed by atoms with Crippen LogP contribution in [0.4, 0.5) is 0 Å². The molecule has 1 aromatic heterocycles. The van der Waals surface area contributed by atoms with Crippen molar-refractivity contribution in [2.75, 3.05) is 26.2 Å². The second-order valence-electron chi connectivity index (χ2n) is 6.35. The van der Waals surface area contributed by atoms with E-state index < -0.39 is 10.0 Å². The molecule has 0 bridgehead atoms. The van der Waals surface area contributed by atoms with E-state index in [0.717, 1.165) is 19.5 Å². The molecule has 2 aromatic rings. The van der Waals surface area contributed by atoms with Crippen molar-refractivity contribution in [3.8, 4) is 0 Å². The Kier molecular flexibility index (Phi) is 5.48. The summed E-state index contributed by atoms with van der Waals surface area (Å²) in [7, 11) is -1.98. The quantitative estimate of drug-likeness (QED) is 0.814. The highest BCUT2D eigenvalue weighted by atomic mass is 35.5. The number of hydrogen-bond donors (Lipinski definition) is 0. The number of aromatic nitrogens is 2. The van der Waals surface area contributed by atoms with Gasteiger partial charge in [-0.1, -0.05) is 41.9 Å². The number of nitrogens with zero attached hydrogens (tertiary/aromatic N) is 4. The molecule has 0 aliphatic carbocycles. The molecule has 0 atom stereocenters. The van der Waals surface area contributed by atoms with Crippen LogP contribution in [0.1, 0.15) is 17.7 Å². The average Bonchev–Trinajstić information content (AvgIpc) is 2.75. The number of hydrogen-bond acceptors (Lipinski definition) is 4. The Hall–Kier alpha value is -1.41. The average molecular weight is 383 g/mol. The van der Waals surface area contributed by atoms with E-state index in [1.165, 1.54) is 14.6 Å². The number of rotatable bonds is 4. The number of sulfonamides is 1. The highest BCUT2D eigenvalue weighted by Crippen LogP contribution is 2.28. The van der Waals surface area contributed by atoms with Gasteiger partial charge in [-0.05, 0) is 25.5 Å². The van der Waals surface area contributed by atoms with Crippen molar-refractivity contribution in [2.24, 2.45) is 7.05 Å². The predicted molar refractivity (Wildman–Crippen MR) is 98.0 cm³/mol. The minimum absolute atomic E-state index is 0.133. The van der Waals surface area contributed by atoms with Crippen LogP contribution in [0, 0.1) is 6.92 Å². The lowest BCUT2D eigenvalue weighted by atomic mass is 10.2. The monoisotopic (exact) mass is 382 g/mol. The Morgan fingerprint density at radius 3 is 2.48 bits per heavy atom. The van der Waals surface area contributed by atoms with Crippen LogP contribution in [-0.4, -0.2) is 53.6 Å². The summed E-state index contributed by atoms with van der Waals surface area (Å²) in [6.07, 6.45) is 0.795. The third kappa shape index (κ3) is 3.89. The van der Waals surface area contributed by atoms with Crippen molar-refractivity contribution in [3.63, 3.8) is 0 Å². The van der Waals surface area contributed by atoms with Crippen molar-refractivity contribution < 1.29 is 8.42 Å². The fraction of sp³-hybridized carbons (Fsp3) is 0.471. The summed E-state index contributed by atoms with van der Waals surface area (Å²) in [4.78, 5) is 2.43. The Balaban J connectivity index is 1.74. The van der Waals surface area contributed by atoms with Crippen molar-refractivity contribution in [3.05, 3.63) is 46.7 Å². The molecular formula is C17H23ClN4O2S. The Bertz CT molecular complexity index is 836. The lowest BCUT2D eigenvalue weighted by molar-refractivity contribution is 0.278. The molecule has 0 spiro atoms. The number of benzene rings is 1. The molecule has 1 aliphatic rings. The van der Waals surface area contributed by atoms with E-state index in [4.69, 9.17) is 11.6 Å². The van der Waals surface area contributed by atoms with E-state index in [2.05, 4.69) is 22.1 Å². The van der Waals surface area contributed by atoms with E-state index in [9.17, 15) is 8.42 Å². The minimum Gasteiger partial charge on any atom is -0.298 e. The molecular weight excluding hydrogens is 360 g/mol. The Morgan fingerprint density at radius 1 is 1.12 bits per heavy atom. The van der Waals surface area contributed by atoms with Gasteiger partial charge < -0.3 is 0 Å². The lowest BCUT2D eigenvalue weighted by Crippen LogP contribution is -2.35. The van der Waals surface area contributed by atoms with Gasteiger partial charge in [-0.2, -0.15) is 9.40 Å². The van der Waals surface area contributed by atoms with E-state index in [-0.39, 0.29) is 10.0 Å². The van der Waals surface area contributed by atoms with Gasteiger partial charge in [0.05, 0.1) is 5.69 Å². The molecule has 1 aromatic carbocycles. The fourth-order valence-electron chi connectivity index (χ4n) is 3.22. The maximum atomic E-state index is 13.0. The summed E-state index contributed by atoms with van der Waals surface area (Å²) in [6.45, 7) is 5.05. The van der Waals surface area contributed by atoms with Gasteiger partial charge in [0.2, 0.25) is 10.0 Å². The van der Waals surface area contributed by atoms with Crippen LogP contribution >= 0.6 is 11.6 Å². The number of halogens is 1. The largest absolute Gasteiger partial charge is 0.298 e. The summed E-state index contributed by atoms with van der Waals surface area (Å²) in [6, 6.07) is 10.2. The normalized spacial score (nSPS) is 17.6. The van der Waals surface area contributed by atoms with Crippen LogP contribution in [-0.2, 0) is 23.6 Å². The third-order valence-electron chi connectivity index (χ3n) is 4.49. The van der Waals surface area contributed by atoms with Crippen LogP contribution in [0.3, 0.4) is 0 Å². The highest BCUT2D eigenvalue weighted by Gasteiger charge is 2.32. The van der Waals surface area contributed by atoms with Crippen molar-refractivity contribution in [2.45, 2.75) is 24.8 Å². The van der Waals surface area contributed by atoms with Gasteiger partial charge in [-0.15, -0.1) is 0 Å². The summed E-state index contributed by atoms with van der Waals surface area (Å²) >= 11 is 6.18. The Labute approximate surface area is 154 Å². The first kappa shape index (κ1) is 18.4. The second kappa shape index (κ2) is 7.45. The molecule has 1 fully saturated rings. The zero-order valence-corrected chi connectivity index (χ0v) is 16.1. The van der Waals surface area contributed by atoms with Crippen LogP contribution in [0.2, 0.25) is 5.15 Å². The molecule has 0 unspecified atom stereocenters. The standard InChI is InChI=1S/C17H23ClN4O2S/c1-14-16(17(18)20(2)19-14)25(23,24)22-10-6-9-21(11-12-22)13-15-7-4-3-5-8-15/h3-5,7-8H,6,9-13H2,1-2H3. The zero-order valence-electron chi connectivity index (χ0n) is 14.5. The summed E-state index contributed by atoms with van der Waals surface area (Å²) in [5.74, 6) is 0. The van der Waals surface area contributed by atoms with Gasteiger partial charge in [-0.3, -0.25) is 9.58 Å². The molecule has 1 aliphatic heterocycles. The SMILES string of the molecule is Cc1nn(C)c(Cl)c1S(=O)(=O)N1CCCN(Cc2ccccc2)CC1. The second-order valence-corrected chi connectivity index (χ2v) is 8.58. The summed E-state index contributed by atoms with van der Waals surface area (Å²) in [5, 5.41) is 4.30. The zero-order chi connectivity index (χ0) is 18.0. The van der Waals surface area contributed by atoms with Crippen LogP contribution in [0.15, 0.2) is 35.2 Å². The van der Waals surface area contributed by atoms with Gasteiger partial charge in [0.1, 0.15) is 10.0 Å². The maximum absolute atomic E-state index is 13.0. The molecule has 0 amide bonds. The van der Waals surface area contributed by atoms with E-state index >= 15 is 0 Å². The molecule has 0 saturated carbocycles. The molecule has 6 nitrogen and oxygen atoms in total. The molecule has 0 radical (unpaired) electrons. The summed E-state index contributed by atoms with van der Waals surface area (Å²) in [5.41, 5.74) is 1.68. The first-order valence-corrected chi connectivity index (χ1v) is 10.2. The topological polar surface area (TPSA) is 58.4 Å². The van der Waals surface area contributed by atoms with E-state index in [1.54, 1.807) is 14.0 Å². The fourth-order valence-corrected chi connectivity index (χ4v) is 5.40. The van der Waals surface area contributed by atoms with Gasteiger partial charge in [-0.25, -0.2) is 8.42 Å². The molecule has 8 heteroatoms. The predicted octanol–water partition coefficient (Wildman–Crippen LogP) is 2.28. The van der Waals surface area contributed by atoms with E-state index in [0.29, 0.717) is 25.3 Å². The van der Waals surface area contributed by atoms with Crippen molar-refractivity contribution in [1.82, 2.24) is 19.0 Å². The lowest BCUT2D eigenvalue weighted by Gasteiger charge is -2.21. The molecule has 136 valence electrons. The summed E-state index contributed by atoms with van der Waals surface area (Å²) < 4.78 is 29.0. The third-order valence-corrected chi connectivity index (χ3v) is 7.09. The van der Waals surface area contributed by atoms with E-state index in [1.807, 2.05) is 18.2 Å². The first-order valence-electron chi connectivity index (χ1n) is 8.35. The van der Waals surface area contributed by atoms with Crippen LogP contribution < -0.4 is 0 Å². The molecule has 3 rings (SSSR count). The van der Waals surface area contributed by atoms with Crippen LogP contribution in [0.5, 0.6) is 0 Å². The van der Waals surface area contributed by atoms with Gasteiger partial charge >= 0.3 is 0 Å².